The van der Waals surface area contributed by atoms with Gasteiger partial charge in [-0.1, -0.05) is 23.8 Å². The molecule has 1 amide bonds. The maximum atomic E-state index is 13.5. The van der Waals surface area contributed by atoms with Crippen LogP contribution in [-0.2, 0) is 0 Å². The summed E-state index contributed by atoms with van der Waals surface area (Å²) in [5.74, 6) is 0.441. The molecule has 2 aromatic carbocycles. The second kappa shape index (κ2) is 7.11. The van der Waals surface area contributed by atoms with Crippen LogP contribution in [0.4, 0.5) is 5.13 Å². The van der Waals surface area contributed by atoms with Crippen molar-refractivity contribution in [3.05, 3.63) is 86.7 Å². The molecule has 5 rings (SSSR count). The van der Waals surface area contributed by atoms with Crippen molar-refractivity contribution in [3.8, 4) is 5.75 Å². The Labute approximate surface area is 176 Å². The largest absolute Gasteiger partial charge is 0.494 e. The lowest BCUT2D eigenvalue weighted by molar-refractivity contribution is 0.0971. The molecule has 0 saturated carbocycles. The van der Waals surface area contributed by atoms with E-state index in [0.717, 1.165) is 16.9 Å². The predicted molar refractivity (Wildman–Crippen MR) is 116 cm³/mol. The number of rotatable bonds is 4. The maximum absolute atomic E-state index is 13.5. The van der Waals surface area contributed by atoms with Crippen LogP contribution in [0.2, 0.25) is 0 Å². The minimum absolute atomic E-state index is 0.0745. The lowest BCUT2D eigenvalue weighted by Gasteiger charge is -2.22. The van der Waals surface area contributed by atoms with Gasteiger partial charge in [0.2, 0.25) is 5.76 Å². The normalized spacial score (nSPS) is 15.6. The minimum Gasteiger partial charge on any atom is -0.494 e. The molecular weight excluding hydrogens is 400 g/mol. The third-order valence-electron chi connectivity index (χ3n) is 5.16. The molecule has 150 valence electrons. The smallest absolute Gasteiger partial charge is 0.297 e. The van der Waals surface area contributed by atoms with Gasteiger partial charge in [-0.25, -0.2) is 4.98 Å². The van der Waals surface area contributed by atoms with E-state index in [-0.39, 0.29) is 17.1 Å². The number of nitrogens with zero attached hydrogens (tertiary/aromatic N) is 2. The highest BCUT2D eigenvalue weighted by Crippen LogP contribution is 2.42. The van der Waals surface area contributed by atoms with Gasteiger partial charge in [0.15, 0.2) is 10.6 Å². The molecule has 30 heavy (non-hydrogen) atoms. The first-order chi connectivity index (χ1) is 14.6. The van der Waals surface area contributed by atoms with Crippen LogP contribution in [-0.4, -0.2) is 17.5 Å². The van der Waals surface area contributed by atoms with E-state index in [4.69, 9.17) is 9.15 Å². The van der Waals surface area contributed by atoms with Crippen molar-refractivity contribution in [1.82, 2.24) is 4.98 Å². The first-order valence-electron chi connectivity index (χ1n) is 9.61. The Bertz CT molecular complexity index is 1310. The van der Waals surface area contributed by atoms with Crippen molar-refractivity contribution in [2.45, 2.75) is 19.9 Å². The molecule has 4 aromatic rings. The molecule has 2 aromatic heterocycles. The van der Waals surface area contributed by atoms with Gasteiger partial charge in [0, 0.05) is 11.6 Å². The number of thiazole rings is 1. The van der Waals surface area contributed by atoms with Crippen LogP contribution in [0.5, 0.6) is 5.75 Å². The van der Waals surface area contributed by atoms with Crippen LogP contribution in [0.25, 0.3) is 11.0 Å². The second-order valence-corrected chi connectivity index (χ2v) is 7.94. The molecule has 3 heterocycles. The third-order valence-corrected chi connectivity index (χ3v) is 5.93. The van der Waals surface area contributed by atoms with Gasteiger partial charge in [-0.05, 0) is 43.7 Å². The molecule has 6 nitrogen and oxygen atoms in total. The van der Waals surface area contributed by atoms with Gasteiger partial charge in [0.25, 0.3) is 5.91 Å². The zero-order valence-electron chi connectivity index (χ0n) is 16.4. The van der Waals surface area contributed by atoms with Crippen LogP contribution < -0.4 is 15.1 Å². The van der Waals surface area contributed by atoms with Crippen molar-refractivity contribution in [3.63, 3.8) is 0 Å². The Morgan fingerprint density at radius 1 is 1.17 bits per heavy atom. The molecule has 0 radical (unpaired) electrons. The Balaban J connectivity index is 1.76. The van der Waals surface area contributed by atoms with E-state index in [1.54, 1.807) is 28.6 Å². The second-order valence-electron chi connectivity index (χ2n) is 7.07. The molecular formula is C23H18N2O4S. The quantitative estimate of drug-likeness (QED) is 0.480. The van der Waals surface area contributed by atoms with Gasteiger partial charge >= 0.3 is 0 Å². The summed E-state index contributed by atoms with van der Waals surface area (Å²) in [5, 5.41) is 2.79. The number of carbonyl (C=O) groups is 1. The number of aryl methyl sites for hydroxylation is 1. The number of carbonyl (C=O) groups excluding carboxylic acids is 1. The van der Waals surface area contributed by atoms with Gasteiger partial charge in [0.05, 0.1) is 23.6 Å². The standard InChI is InChI=1S/C23H18N2O4S/c1-3-28-15-7-5-14(6-8-15)19-18-20(26)16-12-13(2)4-9-17(16)29-21(18)22(27)25(19)23-24-10-11-30-23/h4-12,19H,3H2,1-2H3/t19-/m1/s1. The van der Waals surface area contributed by atoms with Crippen LogP contribution in [0.3, 0.4) is 0 Å². The number of hydrogen-bond donors (Lipinski definition) is 0. The number of fused-ring (bicyclic) bond motifs is 2. The molecule has 1 atom stereocenters. The fraction of sp³-hybridized carbons (Fsp3) is 0.174. The first-order valence-corrected chi connectivity index (χ1v) is 10.5. The monoisotopic (exact) mass is 418 g/mol. The summed E-state index contributed by atoms with van der Waals surface area (Å²) >= 11 is 1.34. The maximum Gasteiger partial charge on any atom is 0.297 e. The van der Waals surface area contributed by atoms with E-state index in [9.17, 15) is 9.59 Å². The Morgan fingerprint density at radius 3 is 2.67 bits per heavy atom. The Hall–Kier alpha value is -3.45. The van der Waals surface area contributed by atoms with E-state index in [1.165, 1.54) is 11.3 Å². The SMILES string of the molecule is CCOc1ccc([C@@H]2c3c(oc4ccc(C)cc4c3=O)C(=O)N2c2nccs2)cc1. The highest BCUT2D eigenvalue weighted by atomic mass is 32.1. The van der Waals surface area contributed by atoms with Crippen molar-refractivity contribution < 1.29 is 13.9 Å². The van der Waals surface area contributed by atoms with Gasteiger partial charge in [0.1, 0.15) is 11.3 Å². The molecule has 0 fully saturated rings. The van der Waals surface area contributed by atoms with E-state index < -0.39 is 6.04 Å². The average Bonchev–Trinajstić information content (AvgIpc) is 3.36. The van der Waals surface area contributed by atoms with Crippen LogP contribution in [0.1, 0.15) is 40.2 Å². The molecule has 0 unspecified atom stereocenters. The number of anilines is 1. The van der Waals surface area contributed by atoms with Gasteiger partial charge < -0.3 is 9.15 Å². The lowest BCUT2D eigenvalue weighted by Crippen LogP contribution is -2.29. The molecule has 0 N–H and O–H groups in total. The molecule has 7 heteroatoms. The number of amides is 1. The number of benzene rings is 2. The van der Waals surface area contributed by atoms with Crippen LogP contribution >= 0.6 is 11.3 Å². The van der Waals surface area contributed by atoms with Crippen molar-refractivity contribution in [2.75, 3.05) is 11.5 Å². The average molecular weight is 418 g/mol. The summed E-state index contributed by atoms with van der Waals surface area (Å²) in [5.41, 5.74) is 2.30. The van der Waals surface area contributed by atoms with Gasteiger partial charge in [-0.15, -0.1) is 11.3 Å². The Morgan fingerprint density at radius 2 is 1.97 bits per heavy atom. The molecule has 0 bridgehead atoms. The predicted octanol–water partition coefficient (Wildman–Crippen LogP) is 4.71. The topological polar surface area (TPSA) is 72.6 Å². The van der Waals surface area contributed by atoms with E-state index >= 15 is 0 Å². The summed E-state index contributed by atoms with van der Waals surface area (Å²) in [6.45, 7) is 4.40. The molecule has 0 spiro atoms. The Kier molecular flexibility index (Phi) is 4.40. The number of ether oxygens (including phenoxy) is 1. The molecule has 0 saturated heterocycles. The third kappa shape index (κ3) is 2.81. The van der Waals surface area contributed by atoms with Gasteiger partial charge in [-0.2, -0.15) is 0 Å². The summed E-state index contributed by atoms with van der Waals surface area (Å²) in [7, 11) is 0. The number of hydrogen-bond acceptors (Lipinski definition) is 6. The summed E-state index contributed by atoms with van der Waals surface area (Å²) < 4.78 is 11.5. The van der Waals surface area contributed by atoms with E-state index in [1.807, 2.05) is 44.2 Å². The van der Waals surface area contributed by atoms with Crippen molar-refractivity contribution in [2.24, 2.45) is 0 Å². The fourth-order valence-electron chi connectivity index (χ4n) is 3.85. The van der Waals surface area contributed by atoms with Gasteiger partial charge in [-0.3, -0.25) is 14.5 Å². The van der Waals surface area contributed by atoms with E-state index in [2.05, 4.69) is 4.98 Å². The minimum atomic E-state index is -0.615. The zero-order valence-corrected chi connectivity index (χ0v) is 17.2. The molecule has 1 aliphatic heterocycles. The van der Waals surface area contributed by atoms with Crippen LogP contribution in [0, 0.1) is 6.92 Å². The summed E-state index contributed by atoms with van der Waals surface area (Å²) in [4.78, 5) is 32.7. The highest BCUT2D eigenvalue weighted by molar-refractivity contribution is 7.13. The summed E-state index contributed by atoms with van der Waals surface area (Å²) in [6, 6.07) is 12.2. The number of aromatic nitrogens is 1. The first kappa shape index (κ1) is 18.6. The molecule has 0 aliphatic carbocycles. The fourth-order valence-corrected chi connectivity index (χ4v) is 4.51. The summed E-state index contributed by atoms with van der Waals surface area (Å²) in [6.07, 6.45) is 1.64. The van der Waals surface area contributed by atoms with Crippen LogP contribution in [0.15, 0.2) is 63.3 Å². The van der Waals surface area contributed by atoms with Crippen molar-refractivity contribution >= 4 is 33.3 Å². The van der Waals surface area contributed by atoms with Crippen molar-refractivity contribution in [1.29, 1.82) is 0 Å². The zero-order chi connectivity index (χ0) is 20.8. The molecule has 1 aliphatic rings. The lowest BCUT2D eigenvalue weighted by atomic mass is 9.98. The van der Waals surface area contributed by atoms with E-state index in [0.29, 0.717) is 28.3 Å². The highest BCUT2D eigenvalue weighted by Gasteiger charge is 2.44.